The van der Waals surface area contributed by atoms with Crippen LogP contribution in [-0.2, 0) is 16.0 Å². The van der Waals surface area contributed by atoms with Crippen molar-refractivity contribution in [1.82, 2.24) is 4.90 Å². The predicted octanol–water partition coefficient (Wildman–Crippen LogP) is 4.64. The van der Waals surface area contributed by atoms with Crippen LogP contribution in [0.2, 0.25) is 0 Å². The quantitative estimate of drug-likeness (QED) is 0.447. The normalized spacial score (nSPS) is 15.4. The van der Waals surface area contributed by atoms with Crippen molar-refractivity contribution in [3.05, 3.63) is 102 Å². The van der Waals surface area contributed by atoms with E-state index < -0.39 is 12.0 Å². The number of carboxylic acid groups (broad SMARTS) is 1. The zero-order valence-electron chi connectivity index (χ0n) is 19.8. The number of rotatable bonds is 9. The summed E-state index contributed by atoms with van der Waals surface area (Å²) in [6.45, 7) is 2.22. The molecule has 4 rings (SSSR count). The van der Waals surface area contributed by atoms with Gasteiger partial charge in [0.05, 0.1) is 17.9 Å². The molecule has 1 amide bonds. The van der Waals surface area contributed by atoms with Gasteiger partial charge in [0, 0.05) is 17.5 Å². The van der Waals surface area contributed by atoms with Crippen LogP contribution in [0.25, 0.3) is 0 Å². The van der Waals surface area contributed by atoms with E-state index in [0.717, 1.165) is 37.1 Å². The molecule has 3 aromatic carbocycles. The summed E-state index contributed by atoms with van der Waals surface area (Å²) in [5.41, 5.74) is 3.57. The Morgan fingerprint density at radius 1 is 0.857 bits per heavy atom. The molecule has 180 valence electrons. The zero-order chi connectivity index (χ0) is 24.5. The van der Waals surface area contributed by atoms with Gasteiger partial charge in [0.1, 0.15) is 0 Å². The first-order valence-electron chi connectivity index (χ1n) is 12.1. The van der Waals surface area contributed by atoms with Gasteiger partial charge < -0.3 is 10.4 Å². The second-order valence-corrected chi connectivity index (χ2v) is 8.82. The van der Waals surface area contributed by atoms with Gasteiger partial charge in [-0.25, -0.2) is 4.79 Å². The monoisotopic (exact) mass is 469 g/mol. The van der Waals surface area contributed by atoms with Crippen LogP contribution in [0, 0.1) is 0 Å². The van der Waals surface area contributed by atoms with Crippen molar-refractivity contribution in [2.45, 2.75) is 31.7 Å². The number of anilines is 1. The maximum Gasteiger partial charge on any atom is 0.328 e. The lowest BCUT2D eigenvalue weighted by Crippen LogP contribution is -2.37. The third kappa shape index (κ3) is 6.87. The Bertz CT molecular complexity index is 1160. The van der Waals surface area contributed by atoms with Gasteiger partial charge in [-0.05, 0) is 37.6 Å². The maximum atomic E-state index is 12.9. The Morgan fingerprint density at radius 3 is 2.17 bits per heavy atom. The molecule has 3 aromatic rings. The molecule has 1 saturated heterocycles. The summed E-state index contributed by atoms with van der Waals surface area (Å²) >= 11 is 0. The van der Waals surface area contributed by atoms with E-state index in [1.807, 2.05) is 84.9 Å². The number of carboxylic acids is 1. The van der Waals surface area contributed by atoms with Crippen LogP contribution >= 0.6 is 0 Å². The number of likely N-dealkylation sites (tertiary alicyclic amines) is 1. The van der Waals surface area contributed by atoms with Gasteiger partial charge in [-0.3, -0.25) is 14.7 Å². The Labute approximate surface area is 206 Å². The molecule has 1 aliphatic rings. The van der Waals surface area contributed by atoms with Gasteiger partial charge in [-0.15, -0.1) is 0 Å². The molecule has 1 heterocycles. The fraction of sp³-hybridized carbons (Fsp3) is 0.276. The van der Waals surface area contributed by atoms with E-state index in [9.17, 15) is 14.7 Å². The number of nitrogens with one attached hydrogen (secondary N) is 1. The first kappa shape index (κ1) is 24.4. The Balaban J connectivity index is 1.67. The molecule has 6 nitrogen and oxygen atoms in total. The number of nitrogens with zero attached hydrogens (tertiary/aromatic N) is 2. The molecule has 1 aliphatic heterocycles. The minimum absolute atomic E-state index is 0.0779. The fourth-order valence-corrected chi connectivity index (χ4v) is 4.39. The fourth-order valence-electron chi connectivity index (χ4n) is 4.39. The van der Waals surface area contributed by atoms with Crippen molar-refractivity contribution in [3.63, 3.8) is 0 Å². The molecule has 0 radical (unpaired) electrons. The lowest BCUT2D eigenvalue weighted by atomic mass is 9.99. The average Bonchev–Trinajstić information content (AvgIpc) is 2.88. The van der Waals surface area contributed by atoms with E-state index in [0.29, 0.717) is 23.5 Å². The number of piperidine rings is 1. The number of hydrogen-bond acceptors (Lipinski definition) is 4. The van der Waals surface area contributed by atoms with Gasteiger partial charge in [0.25, 0.3) is 0 Å². The van der Waals surface area contributed by atoms with Crippen LogP contribution in [0.4, 0.5) is 5.69 Å². The van der Waals surface area contributed by atoms with Crippen LogP contribution in [0.5, 0.6) is 0 Å². The molecule has 2 N–H and O–H groups in total. The first-order valence-corrected chi connectivity index (χ1v) is 12.1. The number of aliphatic carboxylic acids is 1. The second-order valence-electron chi connectivity index (χ2n) is 8.82. The van der Waals surface area contributed by atoms with Crippen molar-refractivity contribution in [2.24, 2.45) is 4.99 Å². The summed E-state index contributed by atoms with van der Waals surface area (Å²) in [4.78, 5) is 32.0. The standard InChI is InChI=1S/C29H31N3O3/c33-27(21-32-18-10-3-11-19-32)30-25-17-9-8-16-24(25)28(23-14-6-2-7-15-23)31-26(29(34)35)20-22-12-4-1-5-13-22/h1-2,4-9,12-17,26H,3,10-11,18-21H2,(H,30,33)(H,34,35). The lowest BCUT2D eigenvalue weighted by molar-refractivity contribution is -0.138. The third-order valence-electron chi connectivity index (χ3n) is 6.16. The van der Waals surface area contributed by atoms with E-state index >= 15 is 0 Å². The summed E-state index contributed by atoms with van der Waals surface area (Å²) in [7, 11) is 0. The summed E-state index contributed by atoms with van der Waals surface area (Å²) in [5, 5.41) is 13.0. The minimum Gasteiger partial charge on any atom is -0.480 e. The molecular formula is C29H31N3O3. The molecule has 0 bridgehead atoms. The molecule has 0 aromatic heterocycles. The van der Waals surface area contributed by atoms with Crippen molar-refractivity contribution in [3.8, 4) is 0 Å². The maximum absolute atomic E-state index is 12.9. The van der Waals surface area contributed by atoms with E-state index in [-0.39, 0.29) is 12.3 Å². The number of benzene rings is 3. The Morgan fingerprint density at radius 2 is 1.49 bits per heavy atom. The summed E-state index contributed by atoms with van der Waals surface area (Å²) in [5.74, 6) is -1.07. The summed E-state index contributed by atoms with van der Waals surface area (Å²) < 4.78 is 0. The van der Waals surface area contributed by atoms with Crippen LogP contribution in [0.3, 0.4) is 0 Å². The number of carbonyl (C=O) groups excluding carboxylic acids is 1. The molecule has 1 fully saturated rings. The first-order chi connectivity index (χ1) is 17.1. The van der Waals surface area contributed by atoms with Gasteiger partial charge in [0.15, 0.2) is 6.04 Å². The number of hydrogen-bond donors (Lipinski definition) is 2. The van der Waals surface area contributed by atoms with Crippen molar-refractivity contribution < 1.29 is 14.7 Å². The summed E-state index contributed by atoms with van der Waals surface area (Å²) in [6, 6.07) is 25.5. The molecular weight excluding hydrogens is 438 g/mol. The predicted molar refractivity (Wildman–Crippen MR) is 139 cm³/mol. The molecule has 35 heavy (non-hydrogen) atoms. The molecule has 6 heteroatoms. The van der Waals surface area contributed by atoms with Gasteiger partial charge in [-0.1, -0.05) is 85.3 Å². The number of para-hydroxylation sites is 1. The molecule has 0 saturated carbocycles. The van der Waals surface area contributed by atoms with Crippen LogP contribution < -0.4 is 5.32 Å². The highest BCUT2D eigenvalue weighted by Crippen LogP contribution is 2.22. The number of aliphatic imine (C=N–C) groups is 1. The molecule has 1 unspecified atom stereocenters. The second kappa shape index (κ2) is 12.1. The van der Waals surface area contributed by atoms with Crippen LogP contribution in [-0.4, -0.2) is 53.3 Å². The third-order valence-corrected chi connectivity index (χ3v) is 6.16. The van der Waals surface area contributed by atoms with Crippen molar-refractivity contribution in [2.75, 3.05) is 25.0 Å². The Kier molecular flexibility index (Phi) is 8.41. The minimum atomic E-state index is -0.992. The summed E-state index contributed by atoms with van der Waals surface area (Å²) in [6.07, 6.45) is 3.72. The van der Waals surface area contributed by atoms with E-state index in [1.165, 1.54) is 6.42 Å². The SMILES string of the molecule is O=C(CN1CCCCC1)Nc1ccccc1C(=NC(Cc1ccccc1)C(=O)O)c1ccccc1. The lowest BCUT2D eigenvalue weighted by Gasteiger charge is -2.25. The van der Waals surface area contributed by atoms with Gasteiger partial charge in [0.2, 0.25) is 5.91 Å². The van der Waals surface area contributed by atoms with E-state index in [1.54, 1.807) is 0 Å². The Hall–Kier alpha value is -3.77. The molecule has 0 spiro atoms. The largest absolute Gasteiger partial charge is 0.480 e. The van der Waals surface area contributed by atoms with Gasteiger partial charge in [-0.2, -0.15) is 0 Å². The molecule has 0 aliphatic carbocycles. The highest BCUT2D eigenvalue weighted by Gasteiger charge is 2.22. The number of amides is 1. The van der Waals surface area contributed by atoms with Crippen molar-refractivity contribution in [1.29, 1.82) is 0 Å². The highest BCUT2D eigenvalue weighted by molar-refractivity contribution is 6.17. The van der Waals surface area contributed by atoms with Crippen molar-refractivity contribution >= 4 is 23.3 Å². The smallest absolute Gasteiger partial charge is 0.328 e. The average molecular weight is 470 g/mol. The highest BCUT2D eigenvalue weighted by atomic mass is 16.4. The zero-order valence-corrected chi connectivity index (χ0v) is 19.8. The molecule has 1 atom stereocenters. The van der Waals surface area contributed by atoms with Crippen LogP contribution in [0.1, 0.15) is 36.0 Å². The van der Waals surface area contributed by atoms with E-state index in [4.69, 9.17) is 4.99 Å². The van der Waals surface area contributed by atoms with Gasteiger partial charge >= 0.3 is 5.97 Å². The number of carbonyl (C=O) groups is 2. The topological polar surface area (TPSA) is 82.0 Å². The van der Waals surface area contributed by atoms with Crippen LogP contribution in [0.15, 0.2) is 89.9 Å². The van der Waals surface area contributed by atoms with E-state index in [2.05, 4.69) is 10.2 Å².